The van der Waals surface area contributed by atoms with Gasteiger partial charge in [-0.1, -0.05) is 32.0 Å². The molecule has 0 bridgehead atoms. The Hall–Kier alpha value is -1.77. The van der Waals surface area contributed by atoms with Crippen LogP contribution in [0.4, 0.5) is 0 Å². The number of carbonyl (C=O) groups excluding carboxylic acids is 1. The van der Waals surface area contributed by atoms with Gasteiger partial charge in [-0.3, -0.25) is 4.79 Å². The zero-order valence-electron chi connectivity index (χ0n) is 11.0. The van der Waals surface area contributed by atoms with E-state index in [-0.39, 0.29) is 5.54 Å². The molecule has 0 fully saturated rings. The molecule has 3 heteroatoms. The van der Waals surface area contributed by atoms with Crippen LogP contribution in [0.5, 0.6) is 0 Å². The maximum absolute atomic E-state index is 10.8. The molecule has 96 valence electrons. The molecule has 2 aromatic rings. The van der Waals surface area contributed by atoms with Gasteiger partial charge < -0.3 is 10.3 Å². The Morgan fingerprint density at radius 2 is 2.00 bits per heavy atom. The first kappa shape index (κ1) is 12.7. The highest BCUT2D eigenvalue weighted by Crippen LogP contribution is 2.26. The van der Waals surface area contributed by atoms with E-state index in [1.165, 1.54) is 10.9 Å². The number of benzene rings is 1. The third-order valence-electron chi connectivity index (χ3n) is 3.92. The number of fused-ring (bicyclic) bond motifs is 1. The van der Waals surface area contributed by atoms with Crippen molar-refractivity contribution >= 4 is 17.3 Å². The minimum atomic E-state index is -0.132. The molecule has 0 aliphatic heterocycles. The van der Waals surface area contributed by atoms with Crippen molar-refractivity contribution in [3.8, 4) is 0 Å². The summed E-state index contributed by atoms with van der Waals surface area (Å²) in [5.41, 5.74) is 2.29. The standard InChI is InChI=1S/C15H20N2O/c1-3-15(4-2,17-11-18)9-12-10-16-14-8-6-5-7-13(12)14/h5-8,10-11,16H,3-4,9H2,1-2H3,(H,17,18). The highest BCUT2D eigenvalue weighted by molar-refractivity contribution is 5.83. The third kappa shape index (κ3) is 2.26. The topological polar surface area (TPSA) is 44.9 Å². The summed E-state index contributed by atoms with van der Waals surface area (Å²) in [5, 5.41) is 4.25. The first-order valence-corrected chi connectivity index (χ1v) is 6.51. The summed E-state index contributed by atoms with van der Waals surface area (Å²) >= 11 is 0. The lowest BCUT2D eigenvalue weighted by atomic mass is 9.86. The Bertz CT molecular complexity index is 526. The van der Waals surface area contributed by atoms with Crippen molar-refractivity contribution in [3.05, 3.63) is 36.0 Å². The predicted octanol–water partition coefficient (Wildman–Crippen LogP) is 3.02. The van der Waals surface area contributed by atoms with E-state index < -0.39 is 0 Å². The SMILES string of the molecule is CCC(CC)(Cc1c[nH]c2ccccc12)NC=O. The number of aromatic nitrogens is 1. The maximum atomic E-state index is 10.8. The lowest BCUT2D eigenvalue weighted by Crippen LogP contribution is -2.45. The van der Waals surface area contributed by atoms with Gasteiger partial charge in [0.2, 0.25) is 6.41 Å². The van der Waals surface area contributed by atoms with Gasteiger partial charge in [0.05, 0.1) is 0 Å². The van der Waals surface area contributed by atoms with Crippen LogP contribution in [0.3, 0.4) is 0 Å². The van der Waals surface area contributed by atoms with Gasteiger partial charge in [-0.05, 0) is 30.9 Å². The molecule has 2 N–H and O–H groups in total. The molecule has 0 radical (unpaired) electrons. The summed E-state index contributed by atoms with van der Waals surface area (Å²) in [7, 11) is 0. The molecule has 18 heavy (non-hydrogen) atoms. The van der Waals surface area contributed by atoms with Gasteiger partial charge in [0.1, 0.15) is 0 Å². The monoisotopic (exact) mass is 244 g/mol. The van der Waals surface area contributed by atoms with E-state index in [2.05, 4.69) is 42.5 Å². The largest absolute Gasteiger partial charge is 0.361 e. The lowest BCUT2D eigenvalue weighted by Gasteiger charge is -2.31. The number of hydrogen-bond donors (Lipinski definition) is 2. The number of para-hydroxylation sites is 1. The minimum Gasteiger partial charge on any atom is -0.361 e. The Morgan fingerprint density at radius 1 is 1.28 bits per heavy atom. The Balaban J connectivity index is 2.34. The average Bonchev–Trinajstić information content (AvgIpc) is 2.81. The first-order chi connectivity index (χ1) is 8.74. The van der Waals surface area contributed by atoms with Crippen molar-refractivity contribution in [2.24, 2.45) is 0 Å². The molecule has 1 aromatic heterocycles. The Morgan fingerprint density at radius 3 is 2.67 bits per heavy atom. The first-order valence-electron chi connectivity index (χ1n) is 6.51. The number of hydrogen-bond acceptors (Lipinski definition) is 1. The average molecular weight is 244 g/mol. The van der Waals surface area contributed by atoms with Gasteiger partial charge in [-0.15, -0.1) is 0 Å². The smallest absolute Gasteiger partial charge is 0.207 e. The molecule has 0 atom stereocenters. The van der Waals surface area contributed by atoms with Crippen LogP contribution in [0.25, 0.3) is 10.9 Å². The van der Waals surface area contributed by atoms with Gasteiger partial charge in [-0.2, -0.15) is 0 Å². The second kappa shape index (κ2) is 5.25. The van der Waals surface area contributed by atoms with Crippen molar-refractivity contribution < 1.29 is 4.79 Å². The van der Waals surface area contributed by atoms with Crippen molar-refractivity contribution in [2.45, 2.75) is 38.6 Å². The van der Waals surface area contributed by atoms with Gasteiger partial charge in [0.25, 0.3) is 0 Å². The highest BCUT2D eigenvalue weighted by atomic mass is 16.1. The van der Waals surface area contributed by atoms with Crippen LogP contribution in [0.15, 0.2) is 30.5 Å². The molecule has 0 aliphatic rings. The number of rotatable bonds is 6. The number of amides is 1. The minimum absolute atomic E-state index is 0.132. The molecule has 1 heterocycles. The van der Waals surface area contributed by atoms with Crippen molar-refractivity contribution in [1.82, 2.24) is 10.3 Å². The van der Waals surface area contributed by atoms with Gasteiger partial charge >= 0.3 is 0 Å². The van der Waals surface area contributed by atoms with Gasteiger partial charge in [-0.25, -0.2) is 0 Å². The fraction of sp³-hybridized carbons (Fsp3) is 0.400. The van der Waals surface area contributed by atoms with E-state index in [9.17, 15) is 4.79 Å². The fourth-order valence-corrected chi connectivity index (χ4v) is 2.52. The van der Waals surface area contributed by atoms with E-state index in [1.54, 1.807) is 0 Å². The summed E-state index contributed by atoms with van der Waals surface area (Å²) in [6.45, 7) is 4.24. The summed E-state index contributed by atoms with van der Waals surface area (Å²) in [4.78, 5) is 14.1. The lowest BCUT2D eigenvalue weighted by molar-refractivity contribution is -0.111. The second-order valence-corrected chi connectivity index (χ2v) is 4.79. The molecule has 0 unspecified atom stereocenters. The number of carbonyl (C=O) groups is 1. The molecule has 0 saturated heterocycles. The normalized spacial score (nSPS) is 11.7. The van der Waals surface area contributed by atoms with E-state index in [1.807, 2.05) is 12.1 Å². The molecular formula is C15H20N2O. The van der Waals surface area contributed by atoms with Crippen LogP contribution in [-0.4, -0.2) is 16.9 Å². The van der Waals surface area contributed by atoms with Crippen LogP contribution < -0.4 is 5.32 Å². The summed E-state index contributed by atoms with van der Waals surface area (Å²) in [6.07, 6.45) is 5.60. The van der Waals surface area contributed by atoms with Crippen LogP contribution >= 0.6 is 0 Å². The molecule has 0 spiro atoms. The third-order valence-corrected chi connectivity index (χ3v) is 3.92. The maximum Gasteiger partial charge on any atom is 0.207 e. The van der Waals surface area contributed by atoms with Gasteiger partial charge in [0, 0.05) is 22.6 Å². The van der Waals surface area contributed by atoms with E-state index >= 15 is 0 Å². The predicted molar refractivity (Wildman–Crippen MR) is 74.5 cm³/mol. The summed E-state index contributed by atoms with van der Waals surface area (Å²) < 4.78 is 0. The second-order valence-electron chi connectivity index (χ2n) is 4.79. The summed E-state index contributed by atoms with van der Waals surface area (Å²) in [6, 6.07) is 8.27. The van der Waals surface area contributed by atoms with Crippen molar-refractivity contribution in [2.75, 3.05) is 0 Å². The molecule has 3 nitrogen and oxygen atoms in total. The zero-order chi connectivity index (χ0) is 13.0. The highest BCUT2D eigenvalue weighted by Gasteiger charge is 2.26. The Kier molecular flexibility index (Phi) is 3.70. The van der Waals surface area contributed by atoms with Crippen LogP contribution in [0.2, 0.25) is 0 Å². The molecule has 2 rings (SSSR count). The van der Waals surface area contributed by atoms with Crippen LogP contribution in [0, 0.1) is 0 Å². The van der Waals surface area contributed by atoms with E-state index in [4.69, 9.17) is 0 Å². The van der Waals surface area contributed by atoms with Crippen LogP contribution in [0.1, 0.15) is 32.3 Å². The van der Waals surface area contributed by atoms with Crippen LogP contribution in [-0.2, 0) is 11.2 Å². The zero-order valence-corrected chi connectivity index (χ0v) is 11.0. The number of aromatic amines is 1. The molecule has 1 aromatic carbocycles. The fourth-order valence-electron chi connectivity index (χ4n) is 2.52. The van der Waals surface area contributed by atoms with E-state index in [0.29, 0.717) is 0 Å². The van der Waals surface area contributed by atoms with E-state index in [0.717, 1.165) is 31.2 Å². The number of nitrogens with one attached hydrogen (secondary N) is 2. The molecule has 1 amide bonds. The molecule has 0 saturated carbocycles. The van der Waals surface area contributed by atoms with Crippen molar-refractivity contribution in [1.29, 1.82) is 0 Å². The number of H-pyrrole nitrogens is 1. The van der Waals surface area contributed by atoms with Crippen molar-refractivity contribution in [3.63, 3.8) is 0 Å². The Labute approximate surface area is 108 Å². The van der Waals surface area contributed by atoms with Gasteiger partial charge in [0.15, 0.2) is 0 Å². The quantitative estimate of drug-likeness (QED) is 0.754. The molecule has 0 aliphatic carbocycles. The summed E-state index contributed by atoms with van der Waals surface area (Å²) in [5.74, 6) is 0. The molecular weight excluding hydrogens is 224 g/mol.